The maximum absolute atomic E-state index is 5.57. The molecule has 3 nitrogen and oxygen atoms in total. The molecule has 2 aromatic rings. The van der Waals surface area contributed by atoms with Gasteiger partial charge < -0.3 is 4.42 Å². The molecule has 0 radical (unpaired) electrons. The van der Waals surface area contributed by atoms with Crippen molar-refractivity contribution >= 4 is 22.9 Å². The van der Waals surface area contributed by atoms with Crippen LogP contribution in [0.15, 0.2) is 10.5 Å². The molecule has 0 aromatic carbocycles. The third kappa shape index (κ3) is 1.26. The Morgan fingerprint density at radius 1 is 1.36 bits per heavy atom. The highest BCUT2D eigenvalue weighted by atomic mass is 35.5. The summed E-state index contributed by atoms with van der Waals surface area (Å²) in [4.78, 5) is 2.49. The van der Waals surface area contributed by atoms with Crippen LogP contribution >= 0.6 is 22.9 Å². The van der Waals surface area contributed by atoms with Crippen LogP contribution in [-0.4, -0.2) is 10.2 Å². The highest BCUT2D eigenvalue weighted by Crippen LogP contribution is 2.36. The highest BCUT2D eigenvalue weighted by molar-refractivity contribution is 7.15. The average Bonchev–Trinajstić information content (AvgIpc) is 2.75. The van der Waals surface area contributed by atoms with Gasteiger partial charge in [0.05, 0.1) is 4.88 Å². The smallest absolute Gasteiger partial charge is 0.313 e. The van der Waals surface area contributed by atoms with E-state index in [1.165, 1.54) is 29.7 Å². The Bertz CT molecular complexity index is 455. The molecule has 1 aliphatic rings. The van der Waals surface area contributed by atoms with Crippen molar-refractivity contribution in [2.24, 2.45) is 0 Å². The summed E-state index contributed by atoms with van der Waals surface area (Å²) in [6.07, 6.45) is 3.63. The minimum Gasteiger partial charge on any atom is -0.407 e. The molecule has 3 rings (SSSR count). The molecule has 0 atom stereocenters. The van der Waals surface area contributed by atoms with Gasteiger partial charge in [-0.2, -0.15) is 0 Å². The molecule has 0 spiro atoms. The van der Waals surface area contributed by atoms with Crippen LogP contribution in [0.25, 0.3) is 10.8 Å². The van der Waals surface area contributed by atoms with E-state index in [2.05, 4.69) is 16.3 Å². The summed E-state index contributed by atoms with van der Waals surface area (Å²) in [5.74, 6) is 0.536. The van der Waals surface area contributed by atoms with Gasteiger partial charge in [0.15, 0.2) is 0 Å². The quantitative estimate of drug-likeness (QED) is 0.751. The van der Waals surface area contributed by atoms with Crippen molar-refractivity contribution in [2.45, 2.75) is 19.3 Å². The SMILES string of the molecule is Clc1nnc(-c2cc3c(s2)CCC3)o1. The van der Waals surface area contributed by atoms with Crippen molar-refractivity contribution in [3.63, 3.8) is 0 Å². The topological polar surface area (TPSA) is 38.9 Å². The van der Waals surface area contributed by atoms with Crippen LogP contribution in [0.5, 0.6) is 0 Å². The Balaban J connectivity index is 2.05. The second-order valence-corrected chi connectivity index (χ2v) is 4.73. The van der Waals surface area contributed by atoms with Gasteiger partial charge in [-0.1, -0.05) is 5.10 Å². The fraction of sp³-hybridized carbons (Fsp3) is 0.333. The fourth-order valence-corrected chi connectivity index (χ4v) is 3.03. The Kier molecular flexibility index (Phi) is 1.85. The molecule has 0 saturated heterocycles. The van der Waals surface area contributed by atoms with Crippen LogP contribution in [-0.2, 0) is 12.8 Å². The van der Waals surface area contributed by atoms with Gasteiger partial charge in [-0.25, -0.2) is 0 Å². The molecule has 5 heteroatoms. The zero-order valence-corrected chi connectivity index (χ0v) is 8.86. The lowest BCUT2D eigenvalue weighted by molar-refractivity contribution is 0.572. The largest absolute Gasteiger partial charge is 0.407 e. The Hall–Kier alpha value is -0.870. The van der Waals surface area contributed by atoms with E-state index in [0.29, 0.717) is 5.89 Å². The van der Waals surface area contributed by atoms with Crippen molar-refractivity contribution in [1.29, 1.82) is 0 Å². The summed E-state index contributed by atoms with van der Waals surface area (Å²) in [6.45, 7) is 0. The van der Waals surface area contributed by atoms with E-state index >= 15 is 0 Å². The second-order valence-electron chi connectivity index (χ2n) is 3.27. The van der Waals surface area contributed by atoms with Gasteiger partial charge in [0, 0.05) is 4.88 Å². The molecule has 0 saturated carbocycles. The molecular formula is C9H7ClN2OS. The van der Waals surface area contributed by atoms with Gasteiger partial charge in [-0.05, 0) is 42.5 Å². The first-order chi connectivity index (χ1) is 6.83. The summed E-state index contributed by atoms with van der Waals surface area (Å²) >= 11 is 7.30. The highest BCUT2D eigenvalue weighted by Gasteiger charge is 2.18. The number of fused-ring (bicyclic) bond motifs is 1. The first-order valence-corrected chi connectivity index (χ1v) is 5.63. The molecule has 0 unspecified atom stereocenters. The normalized spacial score (nSPS) is 14.6. The van der Waals surface area contributed by atoms with Crippen LogP contribution in [0.2, 0.25) is 5.35 Å². The number of halogens is 1. The molecule has 2 heterocycles. The Labute approximate surface area is 89.7 Å². The monoisotopic (exact) mass is 226 g/mol. The molecule has 1 aliphatic carbocycles. The van der Waals surface area contributed by atoms with Crippen molar-refractivity contribution in [3.8, 4) is 10.8 Å². The number of nitrogens with zero attached hydrogens (tertiary/aromatic N) is 2. The van der Waals surface area contributed by atoms with E-state index in [1.54, 1.807) is 11.3 Å². The molecule has 2 aromatic heterocycles. The molecular weight excluding hydrogens is 220 g/mol. The van der Waals surface area contributed by atoms with E-state index in [-0.39, 0.29) is 5.35 Å². The maximum atomic E-state index is 5.57. The number of rotatable bonds is 1. The van der Waals surface area contributed by atoms with Crippen molar-refractivity contribution in [3.05, 3.63) is 21.9 Å². The number of hydrogen-bond acceptors (Lipinski definition) is 4. The summed E-state index contributed by atoms with van der Waals surface area (Å²) in [7, 11) is 0. The molecule has 0 aliphatic heterocycles. The molecule has 0 fully saturated rings. The van der Waals surface area contributed by atoms with Gasteiger partial charge >= 0.3 is 5.35 Å². The van der Waals surface area contributed by atoms with Crippen LogP contribution in [0.3, 0.4) is 0 Å². The standard InChI is InChI=1S/C9H7ClN2OS/c10-9-12-11-8(13-9)7-4-5-2-1-3-6(5)14-7/h4H,1-3H2. The predicted molar refractivity (Wildman–Crippen MR) is 54.6 cm³/mol. The van der Waals surface area contributed by atoms with Gasteiger partial charge in [0.25, 0.3) is 5.89 Å². The van der Waals surface area contributed by atoms with E-state index in [1.807, 2.05) is 0 Å². The second kappa shape index (κ2) is 3.07. The minimum absolute atomic E-state index is 0.105. The lowest BCUT2D eigenvalue weighted by atomic mass is 10.2. The van der Waals surface area contributed by atoms with Crippen LogP contribution in [0, 0.1) is 0 Å². The Morgan fingerprint density at radius 2 is 2.29 bits per heavy atom. The number of aromatic nitrogens is 2. The summed E-state index contributed by atoms with van der Waals surface area (Å²) < 4.78 is 5.16. The number of aryl methyl sites for hydroxylation is 2. The van der Waals surface area contributed by atoms with Crippen LogP contribution in [0.1, 0.15) is 16.9 Å². The molecule has 72 valence electrons. The van der Waals surface area contributed by atoms with Crippen molar-refractivity contribution in [1.82, 2.24) is 10.2 Å². The summed E-state index contributed by atoms with van der Waals surface area (Å²) in [5, 5.41) is 7.60. The van der Waals surface area contributed by atoms with Gasteiger partial charge in [-0.15, -0.1) is 16.4 Å². The average molecular weight is 227 g/mol. The van der Waals surface area contributed by atoms with Crippen LogP contribution < -0.4 is 0 Å². The molecule has 0 bridgehead atoms. The zero-order valence-electron chi connectivity index (χ0n) is 7.29. The fourth-order valence-electron chi connectivity index (χ4n) is 1.74. The number of hydrogen-bond donors (Lipinski definition) is 0. The molecule has 0 amide bonds. The number of thiophene rings is 1. The van der Waals surface area contributed by atoms with Crippen molar-refractivity contribution in [2.75, 3.05) is 0 Å². The van der Waals surface area contributed by atoms with E-state index in [4.69, 9.17) is 16.0 Å². The van der Waals surface area contributed by atoms with E-state index in [9.17, 15) is 0 Å². The van der Waals surface area contributed by atoms with Gasteiger partial charge in [0.2, 0.25) is 0 Å². The van der Waals surface area contributed by atoms with Crippen LogP contribution in [0.4, 0.5) is 0 Å². The molecule has 0 N–H and O–H groups in total. The van der Waals surface area contributed by atoms with Gasteiger partial charge in [0.1, 0.15) is 0 Å². The maximum Gasteiger partial charge on any atom is 0.313 e. The van der Waals surface area contributed by atoms with E-state index in [0.717, 1.165) is 4.88 Å². The molecule has 14 heavy (non-hydrogen) atoms. The first-order valence-electron chi connectivity index (χ1n) is 4.44. The third-order valence-electron chi connectivity index (χ3n) is 2.36. The summed E-state index contributed by atoms with van der Waals surface area (Å²) in [6, 6.07) is 2.14. The van der Waals surface area contributed by atoms with Crippen molar-refractivity contribution < 1.29 is 4.42 Å². The third-order valence-corrected chi connectivity index (χ3v) is 3.74. The predicted octanol–water partition coefficient (Wildman–Crippen LogP) is 2.94. The van der Waals surface area contributed by atoms with E-state index < -0.39 is 0 Å². The first kappa shape index (κ1) is 8.44. The van der Waals surface area contributed by atoms with Gasteiger partial charge in [-0.3, -0.25) is 0 Å². The summed E-state index contributed by atoms with van der Waals surface area (Å²) in [5.41, 5.74) is 1.43. The lowest BCUT2D eigenvalue weighted by Crippen LogP contribution is -1.73. The minimum atomic E-state index is 0.105. The zero-order chi connectivity index (χ0) is 9.54. The lowest BCUT2D eigenvalue weighted by Gasteiger charge is -1.86. The Morgan fingerprint density at radius 3 is 3.00 bits per heavy atom.